The van der Waals surface area contributed by atoms with E-state index in [0.29, 0.717) is 18.8 Å². The number of aliphatic hydroxyl groups is 1. The molecule has 1 fully saturated rings. The Morgan fingerprint density at radius 2 is 2.00 bits per heavy atom. The summed E-state index contributed by atoms with van der Waals surface area (Å²) in [5, 5.41) is 9.49. The average molecular weight is 293 g/mol. The largest absolute Gasteiger partial charge is 0.465 e. The third kappa shape index (κ3) is 5.08. The molecule has 1 aliphatic rings. The number of hydrogen-bond acceptors (Lipinski definition) is 5. The molecule has 0 bridgehead atoms. The summed E-state index contributed by atoms with van der Waals surface area (Å²) in [5.74, 6) is -0.931. The molecule has 112 valence electrons. The monoisotopic (exact) mass is 293 g/mol. The van der Waals surface area contributed by atoms with Crippen LogP contribution in [0, 0.1) is 5.92 Å². The molecule has 0 radical (unpaired) electrons. The summed E-state index contributed by atoms with van der Waals surface area (Å²) in [5.41, 5.74) is -0.822. The van der Waals surface area contributed by atoms with E-state index in [9.17, 15) is 18.3 Å². The van der Waals surface area contributed by atoms with Crippen LogP contribution in [0.15, 0.2) is 0 Å². The quantitative estimate of drug-likeness (QED) is 0.692. The third-order valence-electron chi connectivity index (χ3n) is 3.52. The van der Waals surface area contributed by atoms with E-state index in [2.05, 4.69) is 16.4 Å². The minimum absolute atomic E-state index is 0.150. The van der Waals surface area contributed by atoms with Gasteiger partial charge in [0.15, 0.2) is 5.75 Å². The van der Waals surface area contributed by atoms with E-state index in [-0.39, 0.29) is 13.2 Å². The van der Waals surface area contributed by atoms with Gasteiger partial charge in [-0.15, -0.1) is 0 Å². The molecule has 0 aliphatic heterocycles. The molecular formula is C12H23NO5S. The SMILES string of the molecule is CCOC(=O)CS(=O)(=O)NC1(CO)CCC(C)CC1. The van der Waals surface area contributed by atoms with E-state index >= 15 is 0 Å². The molecule has 6 nitrogen and oxygen atoms in total. The van der Waals surface area contributed by atoms with Gasteiger partial charge in [0, 0.05) is 0 Å². The maximum Gasteiger partial charge on any atom is 0.322 e. The highest BCUT2D eigenvalue weighted by Gasteiger charge is 2.37. The number of carbonyl (C=O) groups is 1. The van der Waals surface area contributed by atoms with Crippen LogP contribution in [0.5, 0.6) is 0 Å². The Hall–Kier alpha value is -0.660. The van der Waals surface area contributed by atoms with Crippen LogP contribution in [0.2, 0.25) is 0 Å². The van der Waals surface area contributed by atoms with Crippen LogP contribution in [0.25, 0.3) is 0 Å². The summed E-state index contributed by atoms with van der Waals surface area (Å²) in [6.45, 7) is 3.63. The summed E-state index contributed by atoms with van der Waals surface area (Å²) in [6.07, 6.45) is 2.91. The van der Waals surface area contributed by atoms with Crippen molar-refractivity contribution in [3.8, 4) is 0 Å². The van der Waals surface area contributed by atoms with Crippen LogP contribution in [0.3, 0.4) is 0 Å². The molecule has 0 aromatic heterocycles. The fourth-order valence-corrected chi connectivity index (χ4v) is 3.73. The molecule has 1 aliphatic carbocycles. The summed E-state index contributed by atoms with van der Waals surface area (Å²) in [7, 11) is -3.78. The predicted octanol–water partition coefficient (Wildman–Crippen LogP) is 0.410. The van der Waals surface area contributed by atoms with Gasteiger partial charge in [-0.25, -0.2) is 13.1 Å². The van der Waals surface area contributed by atoms with Crippen LogP contribution in [-0.2, 0) is 19.6 Å². The zero-order valence-electron chi connectivity index (χ0n) is 11.5. The number of rotatable bonds is 6. The molecular weight excluding hydrogens is 270 g/mol. The first-order valence-electron chi connectivity index (χ1n) is 6.60. The van der Waals surface area contributed by atoms with Crippen molar-refractivity contribution in [2.24, 2.45) is 5.92 Å². The van der Waals surface area contributed by atoms with Gasteiger partial charge in [-0.3, -0.25) is 4.79 Å². The Morgan fingerprint density at radius 3 is 2.47 bits per heavy atom. The Labute approximate surface area is 114 Å². The molecule has 0 aromatic rings. The Bertz CT molecular complexity index is 398. The van der Waals surface area contributed by atoms with Gasteiger partial charge < -0.3 is 9.84 Å². The van der Waals surface area contributed by atoms with Gasteiger partial charge in [0.1, 0.15) is 0 Å². The molecule has 0 heterocycles. The van der Waals surface area contributed by atoms with E-state index in [4.69, 9.17) is 0 Å². The van der Waals surface area contributed by atoms with E-state index in [0.717, 1.165) is 12.8 Å². The second-order valence-corrected chi connectivity index (χ2v) is 7.01. The summed E-state index contributed by atoms with van der Waals surface area (Å²) in [4.78, 5) is 11.2. The van der Waals surface area contributed by atoms with Crippen molar-refractivity contribution in [1.29, 1.82) is 0 Å². The molecule has 0 spiro atoms. The maximum atomic E-state index is 11.9. The van der Waals surface area contributed by atoms with Gasteiger partial charge in [0.2, 0.25) is 10.0 Å². The van der Waals surface area contributed by atoms with Crippen molar-refractivity contribution in [3.05, 3.63) is 0 Å². The first-order chi connectivity index (χ1) is 8.82. The van der Waals surface area contributed by atoms with E-state index in [1.807, 2.05) is 0 Å². The van der Waals surface area contributed by atoms with Gasteiger partial charge in [0.25, 0.3) is 0 Å². The van der Waals surface area contributed by atoms with Gasteiger partial charge in [-0.1, -0.05) is 6.92 Å². The number of hydrogen-bond donors (Lipinski definition) is 2. The van der Waals surface area contributed by atoms with Crippen molar-refractivity contribution in [2.75, 3.05) is 19.0 Å². The zero-order valence-corrected chi connectivity index (χ0v) is 12.3. The first kappa shape index (κ1) is 16.4. The smallest absolute Gasteiger partial charge is 0.322 e. The lowest BCUT2D eigenvalue weighted by atomic mass is 9.78. The lowest BCUT2D eigenvalue weighted by Gasteiger charge is -2.38. The lowest BCUT2D eigenvalue weighted by Crippen LogP contribution is -2.54. The van der Waals surface area contributed by atoms with Gasteiger partial charge in [-0.05, 0) is 38.5 Å². The minimum atomic E-state index is -3.78. The van der Waals surface area contributed by atoms with Crippen molar-refractivity contribution < 1.29 is 23.1 Å². The van der Waals surface area contributed by atoms with E-state index < -0.39 is 27.3 Å². The maximum absolute atomic E-state index is 11.9. The second-order valence-electron chi connectivity index (χ2n) is 5.29. The predicted molar refractivity (Wildman–Crippen MR) is 71.0 cm³/mol. The molecule has 0 aromatic carbocycles. The summed E-state index contributed by atoms with van der Waals surface area (Å²) >= 11 is 0. The van der Waals surface area contributed by atoms with Crippen molar-refractivity contribution in [3.63, 3.8) is 0 Å². The van der Waals surface area contributed by atoms with E-state index in [1.54, 1.807) is 6.92 Å². The van der Waals surface area contributed by atoms with Crippen LogP contribution >= 0.6 is 0 Å². The van der Waals surface area contributed by atoms with Crippen molar-refractivity contribution in [2.45, 2.75) is 45.1 Å². The molecule has 0 unspecified atom stereocenters. The zero-order chi connectivity index (χ0) is 14.5. The Kier molecular flexibility index (Phi) is 5.76. The molecule has 19 heavy (non-hydrogen) atoms. The number of carbonyl (C=O) groups excluding carboxylic acids is 1. The molecule has 2 N–H and O–H groups in total. The highest BCUT2D eigenvalue weighted by Crippen LogP contribution is 2.32. The highest BCUT2D eigenvalue weighted by atomic mass is 32.2. The molecule has 1 rings (SSSR count). The first-order valence-corrected chi connectivity index (χ1v) is 8.26. The van der Waals surface area contributed by atoms with Crippen molar-refractivity contribution in [1.82, 2.24) is 4.72 Å². The average Bonchev–Trinajstić information content (AvgIpc) is 2.31. The molecule has 1 saturated carbocycles. The van der Waals surface area contributed by atoms with Gasteiger partial charge >= 0.3 is 5.97 Å². The molecule has 0 atom stereocenters. The summed E-state index contributed by atoms with van der Waals surface area (Å²) in [6, 6.07) is 0. The Balaban J connectivity index is 2.66. The third-order valence-corrected chi connectivity index (χ3v) is 4.88. The standard InChI is InChI=1S/C12H23NO5S/c1-3-18-11(15)8-19(16,17)13-12(9-14)6-4-10(2)5-7-12/h10,13-14H,3-9H2,1-2H3. The molecule has 7 heteroatoms. The lowest BCUT2D eigenvalue weighted by molar-refractivity contribution is -0.139. The highest BCUT2D eigenvalue weighted by molar-refractivity contribution is 7.90. The Morgan fingerprint density at radius 1 is 1.42 bits per heavy atom. The number of esters is 1. The van der Waals surface area contributed by atoms with Crippen LogP contribution in [0.4, 0.5) is 0 Å². The van der Waals surface area contributed by atoms with Crippen molar-refractivity contribution >= 4 is 16.0 Å². The van der Waals surface area contributed by atoms with Gasteiger partial charge in [0.05, 0.1) is 18.8 Å². The van der Waals surface area contributed by atoms with E-state index in [1.165, 1.54) is 0 Å². The minimum Gasteiger partial charge on any atom is -0.465 e. The van der Waals surface area contributed by atoms with Crippen LogP contribution in [0.1, 0.15) is 39.5 Å². The van der Waals surface area contributed by atoms with Gasteiger partial charge in [-0.2, -0.15) is 0 Å². The fraction of sp³-hybridized carbons (Fsp3) is 0.917. The summed E-state index contributed by atoms with van der Waals surface area (Å²) < 4.78 is 30.9. The van der Waals surface area contributed by atoms with Crippen LogP contribution < -0.4 is 4.72 Å². The molecule has 0 amide bonds. The van der Waals surface area contributed by atoms with Crippen LogP contribution in [-0.4, -0.2) is 44.0 Å². The normalized spacial score (nSPS) is 28.1. The topological polar surface area (TPSA) is 92.7 Å². The number of aliphatic hydroxyl groups excluding tert-OH is 1. The number of nitrogens with one attached hydrogen (secondary N) is 1. The number of sulfonamides is 1. The fourth-order valence-electron chi connectivity index (χ4n) is 2.33. The molecule has 0 saturated heterocycles. The number of ether oxygens (including phenoxy) is 1. The second kappa shape index (κ2) is 6.67.